The first-order valence-corrected chi connectivity index (χ1v) is 7.94. The first kappa shape index (κ1) is 15.9. The number of nitrogens with one attached hydrogen (secondary N) is 1. The molecule has 0 fully saturated rings. The molecule has 3 heterocycles. The zero-order valence-electron chi connectivity index (χ0n) is 13.6. The minimum Gasteiger partial charge on any atom is -0.472 e. The minimum atomic E-state index is -0.263. The predicted octanol–water partition coefficient (Wildman–Crippen LogP) is 3.94. The van der Waals surface area contributed by atoms with Crippen LogP contribution in [0.4, 0.5) is 10.3 Å². The maximum absolute atomic E-state index is 13.0. The van der Waals surface area contributed by atoms with Crippen LogP contribution < -0.4 is 5.32 Å². The van der Waals surface area contributed by atoms with Gasteiger partial charge in [0, 0.05) is 36.3 Å². The maximum Gasteiger partial charge on any atom is 0.223 e. The van der Waals surface area contributed by atoms with E-state index in [9.17, 15) is 4.39 Å². The summed E-state index contributed by atoms with van der Waals surface area (Å²) in [5.41, 5.74) is 3.87. The van der Waals surface area contributed by atoms with Crippen LogP contribution in [-0.4, -0.2) is 19.9 Å². The Morgan fingerprint density at radius 2 is 1.88 bits per heavy atom. The van der Waals surface area contributed by atoms with Crippen LogP contribution in [0.5, 0.6) is 0 Å². The van der Waals surface area contributed by atoms with Crippen molar-refractivity contribution in [3.63, 3.8) is 0 Å². The molecular formula is C19H14FN5O. The highest BCUT2D eigenvalue weighted by Gasteiger charge is 2.13. The summed E-state index contributed by atoms with van der Waals surface area (Å²) in [7, 11) is 0. The Morgan fingerprint density at radius 1 is 1.00 bits per heavy atom. The second-order valence-electron chi connectivity index (χ2n) is 5.54. The number of benzene rings is 1. The van der Waals surface area contributed by atoms with E-state index in [4.69, 9.17) is 4.42 Å². The summed E-state index contributed by atoms with van der Waals surface area (Å²) in [4.78, 5) is 17.4. The molecule has 0 aliphatic rings. The lowest BCUT2D eigenvalue weighted by atomic mass is 10.1. The first-order valence-electron chi connectivity index (χ1n) is 7.94. The number of rotatable bonds is 5. The van der Waals surface area contributed by atoms with Crippen molar-refractivity contribution in [3.05, 3.63) is 79.0 Å². The van der Waals surface area contributed by atoms with Crippen LogP contribution in [0.2, 0.25) is 0 Å². The van der Waals surface area contributed by atoms with E-state index in [1.54, 1.807) is 49.4 Å². The Bertz CT molecular complexity index is 988. The van der Waals surface area contributed by atoms with Crippen LogP contribution in [0.15, 0.2) is 72.1 Å². The third-order valence-electron chi connectivity index (χ3n) is 3.79. The van der Waals surface area contributed by atoms with Gasteiger partial charge < -0.3 is 9.73 Å². The van der Waals surface area contributed by atoms with E-state index in [0.29, 0.717) is 23.9 Å². The van der Waals surface area contributed by atoms with E-state index >= 15 is 0 Å². The molecule has 0 spiro atoms. The van der Waals surface area contributed by atoms with Crippen molar-refractivity contribution < 1.29 is 8.81 Å². The molecule has 0 amide bonds. The molecule has 4 rings (SSSR count). The monoisotopic (exact) mass is 347 g/mol. The molecular weight excluding hydrogens is 333 g/mol. The molecule has 0 saturated carbocycles. The van der Waals surface area contributed by atoms with Gasteiger partial charge in [0.15, 0.2) is 0 Å². The molecule has 0 saturated heterocycles. The molecule has 4 aromatic rings. The Kier molecular flexibility index (Phi) is 4.34. The molecule has 0 unspecified atom stereocenters. The number of furan rings is 1. The Hall–Kier alpha value is -3.61. The third kappa shape index (κ3) is 3.41. The number of hydrogen-bond donors (Lipinski definition) is 1. The van der Waals surface area contributed by atoms with Crippen molar-refractivity contribution in [2.45, 2.75) is 6.54 Å². The fraction of sp³-hybridized carbons (Fsp3) is 0.0526. The second-order valence-corrected chi connectivity index (χ2v) is 5.54. The van der Waals surface area contributed by atoms with Crippen molar-refractivity contribution in [1.29, 1.82) is 0 Å². The molecule has 26 heavy (non-hydrogen) atoms. The standard InChI is InChI=1S/C19H14FN5O/c20-15-3-1-13(2-4-15)9-23-19-24-10-16(17-11-21-6-7-22-17)18(25-19)14-5-8-26-12-14/h1-8,10-12H,9H2,(H,23,24,25). The van der Waals surface area contributed by atoms with Gasteiger partial charge in [-0.15, -0.1) is 0 Å². The van der Waals surface area contributed by atoms with Crippen molar-refractivity contribution in [3.8, 4) is 22.5 Å². The largest absolute Gasteiger partial charge is 0.472 e. The van der Waals surface area contributed by atoms with Crippen molar-refractivity contribution in [1.82, 2.24) is 19.9 Å². The van der Waals surface area contributed by atoms with Gasteiger partial charge in [-0.25, -0.2) is 14.4 Å². The maximum atomic E-state index is 13.0. The summed E-state index contributed by atoms with van der Waals surface area (Å²) < 4.78 is 18.2. The summed E-state index contributed by atoms with van der Waals surface area (Å²) in [6.45, 7) is 0.482. The molecule has 1 N–H and O–H groups in total. The highest BCUT2D eigenvalue weighted by atomic mass is 19.1. The van der Waals surface area contributed by atoms with Gasteiger partial charge in [-0.3, -0.25) is 9.97 Å². The summed E-state index contributed by atoms with van der Waals surface area (Å²) in [6, 6.07) is 8.10. The molecule has 6 nitrogen and oxygen atoms in total. The number of anilines is 1. The zero-order valence-corrected chi connectivity index (χ0v) is 13.6. The molecule has 0 aliphatic carbocycles. The molecule has 0 aliphatic heterocycles. The molecule has 7 heteroatoms. The fourth-order valence-corrected chi connectivity index (χ4v) is 2.50. The first-order chi connectivity index (χ1) is 12.8. The predicted molar refractivity (Wildman–Crippen MR) is 94.5 cm³/mol. The van der Waals surface area contributed by atoms with E-state index in [-0.39, 0.29) is 5.82 Å². The van der Waals surface area contributed by atoms with E-state index in [1.165, 1.54) is 12.1 Å². The highest BCUT2D eigenvalue weighted by Crippen LogP contribution is 2.29. The van der Waals surface area contributed by atoms with E-state index in [0.717, 1.165) is 16.7 Å². The number of aromatic nitrogens is 4. The molecule has 0 radical (unpaired) electrons. The van der Waals surface area contributed by atoms with Gasteiger partial charge in [-0.05, 0) is 23.8 Å². The van der Waals surface area contributed by atoms with Crippen LogP contribution in [-0.2, 0) is 6.54 Å². The Labute approximate surface area is 148 Å². The second kappa shape index (κ2) is 7.10. The van der Waals surface area contributed by atoms with Gasteiger partial charge in [0.05, 0.1) is 30.1 Å². The van der Waals surface area contributed by atoms with Crippen LogP contribution in [0.1, 0.15) is 5.56 Å². The van der Waals surface area contributed by atoms with E-state index in [1.807, 2.05) is 6.07 Å². The molecule has 0 atom stereocenters. The lowest BCUT2D eigenvalue weighted by Gasteiger charge is -2.10. The summed E-state index contributed by atoms with van der Waals surface area (Å²) >= 11 is 0. The van der Waals surface area contributed by atoms with Crippen LogP contribution in [0, 0.1) is 5.82 Å². The SMILES string of the molecule is Fc1ccc(CNc2ncc(-c3cnccn3)c(-c3ccoc3)n2)cc1. The number of halogens is 1. The normalized spacial score (nSPS) is 10.7. The molecule has 128 valence electrons. The van der Waals surface area contributed by atoms with Gasteiger partial charge in [0.2, 0.25) is 5.95 Å². The zero-order chi connectivity index (χ0) is 17.8. The molecule has 3 aromatic heterocycles. The van der Waals surface area contributed by atoms with E-state index in [2.05, 4.69) is 25.3 Å². The van der Waals surface area contributed by atoms with Gasteiger partial charge >= 0.3 is 0 Å². The lowest BCUT2D eigenvalue weighted by Crippen LogP contribution is -2.05. The van der Waals surface area contributed by atoms with Gasteiger partial charge in [-0.2, -0.15) is 0 Å². The van der Waals surface area contributed by atoms with Crippen molar-refractivity contribution >= 4 is 5.95 Å². The van der Waals surface area contributed by atoms with Gasteiger partial charge in [0.25, 0.3) is 0 Å². The Morgan fingerprint density at radius 3 is 2.62 bits per heavy atom. The van der Waals surface area contributed by atoms with Crippen molar-refractivity contribution in [2.24, 2.45) is 0 Å². The summed E-state index contributed by atoms with van der Waals surface area (Å²) in [6.07, 6.45) is 9.80. The quantitative estimate of drug-likeness (QED) is 0.589. The lowest BCUT2D eigenvalue weighted by molar-refractivity contribution is 0.568. The summed E-state index contributed by atoms with van der Waals surface area (Å²) in [5, 5.41) is 3.15. The average Bonchev–Trinajstić information content (AvgIpc) is 3.23. The number of hydrogen-bond acceptors (Lipinski definition) is 6. The van der Waals surface area contributed by atoms with Gasteiger partial charge in [0.1, 0.15) is 5.82 Å². The van der Waals surface area contributed by atoms with Crippen LogP contribution in [0.25, 0.3) is 22.5 Å². The Balaban J connectivity index is 1.65. The third-order valence-corrected chi connectivity index (χ3v) is 3.79. The highest BCUT2D eigenvalue weighted by molar-refractivity contribution is 5.78. The minimum absolute atomic E-state index is 0.263. The van der Waals surface area contributed by atoms with Crippen LogP contribution >= 0.6 is 0 Å². The van der Waals surface area contributed by atoms with Gasteiger partial charge in [-0.1, -0.05) is 12.1 Å². The molecule has 0 bridgehead atoms. The van der Waals surface area contributed by atoms with Crippen molar-refractivity contribution in [2.75, 3.05) is 5.32 Å². The van der Waals surface area contributed by atoms with E-state index < -0.39 is 0 Å². The molecule has 1 aromatic carbocycles. The van der Waals surface area contributed by atoms with Crippen LogP contribution in [0.3, 0.4) is 0 Å². The number of nitrogens with zero attached hydrogens (tertiary/aromatic N) is 4. The smallest absolute Gasteiger partial charge is 0.223 e. The average molecular weight is 347 g/mol. The fourth-order valence-electron chi connectivity index (χ4n) is 2.50. The summed E-state index contributed by atoms with van der Waals surface area (Å²) in [5.74, 6) is 0.193. The topological polar surface area (TPSA) is 76.7 Å².